The maximum absolute atomic E-state index is 12.4. The summed E-state index contributed by atoms with van der Waals surface area (Å²) in [4.78, 5) is 14.5. The predicted molar refractivity (Wildman–Crippen MR) is 98.6 cm³/mol. The number of nitro groups is 1. The van der Waals surface area contributed by atoms with Crippen LogP contribution >= 0.6 is 0 Å². The van der Waals surface area contributed by atoms with Gasteiger partial charge in [-0.05, 0) is 30.3 Å². The van der Waals surface area contributed by atoms with Gasteiger partial charge >= 0.3 is 0 Å². The number of hydrogen-bond acceptors (Lipinski definition) is 6. The van der Waals surface area contributed by atoms with Crippen LogP contribution in [0.25, 0.3) is 0 Å². The molecule has 0 radical (unpaired) electrons. The first-order chi connectivity index (χ1) is 12.3. The number of aliphatic imine (C=N–C) groups is 1. The van der Waals surface area contributed by atoms with Gasteiger partial charge in [-0.2, -0.15) is 4.31 Å². The van der Waals surface area contributed by atoms with E-state index in [1.807, 2.05) is 0 Å². The molecule has 2 aromatic carbocycles. The van der Waals surface area contributed by atoms with Crippen LogP contribution in [0.4, 0.5) is 11.4 Å². The van der Waals surface area contributed by atoms with E-state index in [0.29, 0.717) is 18.8 Å². The van der Waals surface area contributed by atoms with Crippen LogP contribution in [0.1, 0.15) is 19.4 Å². The van der Waals surface area contributed by atoms with Crippen molar-refractivity contribution in [1.82, 2.24) is 4.31 Å². The second-order valence-electron chi connectivity index (χ2n) is 5.34. The van der Waals surface area contributed by atoms with E-state index < -0.39 is 14.9 Å². The summed E-state index contributed by atoms with van der Waals surface area (Å²) in [6.45, 7) is 4.30. The molecule has 0 bridgehead atoms. The molecule has 0 fully saturated rings. The third-order valence-corrected chi connectivity index (χ3v) is 5.82. The average molecular weight is 377 g/mol. The SMILES string of the molecule is CCN(CC)S(=O)(=O)c1ccc(N=Cc2cc([N+](=O)[O-])ccc2O)cc1. The van der Waals surface area contributed by atoms with Gasteiger partial charge in [0.25, 0.3) is 5.69 Å². The standard InChI is InChI=1S/C17H19N3O5S/c1-3-19(4-2)26(24,25)16-8-5-14(6-9-16)18-12-13-11-15(20(22)23)7-10-17(13)21/h5-12,21H,3-4H2,1-2H3. The van der Waals surface area contributed by atoms with Gasteiger partial charge in [-0.25, -0.2) is 8.42 Å². The number of phenolic OH excluding ortho intramolecular Hbond substituents is 1. The van der Waals surface area contributed by atoms with Crippen LogP contribution in [0.3, 0.4) is 0 Å². The number of sulfonamides is 1. The minimum Gasteiger partial charge on any atom is -0.507 e. The Bertz CT molecular complexity index is 920. The Morgan fingerprint density at radius 2 is 1.77 bits per heavy atom. The van der Waals surface area contributed by atoms with Gasteiger partial charge in [-0.15, -0.1) is 0 Å². The lowest BCUT2D eigenvalue weighted by Crippen LogP contribution is -2.30. The molecule has 9 heteroatoms. The van der Waals surface area contributed by atoms with Crippen LogP contribution in [0.2, 0.25) is 0 Å². The van der Waals surface area contributed by atoms with Crippen LogP contribution in [0.15, 0.2) is 52.4 Å². The Balaban J connectivity index is 2.26. The molecule has 0 saturated heterocycles. The quantitative estimate of drug-likeness (QED) is 0.452. The van der Waals surface area contributed by atoms with E-state index in [4.69, 9.17) is 0 Å². The van der Waals surface area contributed by atoms with Crippen molar-refractivity contribution in [2.45, 2.75) is 18.7 Å². The smallest absolute Gasteiger partial charge is 0.270 e. The van der Waals surface area contributed by atoms with Gasteiger partial charge < -0.3 is 5.11 Å². The minimum absolute atomic E-state index is 0.139. The Hall–Kier alpha value is -2.78. The van der Waals surface area contributed by atoms with E-state index in [-0.39, 0.29) is 21.9 Å². The molecule has 2 rings (SSSR count). The monoisotopic (exact) mass is 377 g/mol. The molecular weight excluding hydrogens is 358 g/mol. The molecule has 0 atom stereocenters. The molecule has 26 heavy (non-hydrogen) atoms. The average Bonchev–Trinajstić information content (AvgIpc) is 2.62. The third kappa shape index (κ3) is 4.24. The van der Waals surface area contributed by atoms with Crippen LogP contribution in [-0.4, -0.2) is 42.1 Å². The van der Waals surface area contributed by atoms with Crippen LogP contribution < -0.4 is 0 Å². The van der Waals surface area contributed by atoms with Crippen molar-refractivity contribution in [3.05, 3.63) is 58.1 Å². The zero-order valence-corrected chi connectivity index (χ0v) is 15.2. The van der Waals surface area contributed by atoms with Gasteiger partial charge in [0.1, 0.15) is 5.75 Å². The molecule has 0 amide bonds. The fourth-order valence-corrected chi connectivity index (χ4v) is 3.78. The van der Waals surface area contributed by atoms with Gasteiger partial charge in [0.05, 0.1) is 15.5 Å². The summed E-state index contributed by atoms with van der Waals surface area (Å²) in [5.41, 5.74) is 0.485. The van der Waals surface area contributed by atoms with E-state index in [9.17, 15) is 23.6 Å². The summed E-state index contributed by atoms with van der Waals surface area (Å²) in [6.07, 6.45) is 1.29. The zero-order valence-electron chi connectivity index (χ0n) is 14.4. The molecule has 0 aromatic heterocycles. The second-order valence-corrected chi connectivity index (χ2v) is 7.28. The first-order valence-electron chi connectivity index (χ1n) is 7.91. The van der Waals surface area contributed by atoms with Crippen molar-refractivity contribution in [3.63, 3.8) is 0 Å². The first kappa shape index (κ1) is 19.5. The normalized spacial score (nSPS) is 12.0. The van der Waals surface area contributed by atoms with E-state index in [1.165, 1.54) is 53.0 Å². The van der Waals surface area contributed by atoms with E-state index >= 15 is 0 Å². The van der Waals surface area contributed by atoms with Crippen molar-refractivity contribution >= 4 is 27.6 Å². The Labute approximate surface area is 151 Å². The summed E-state index contributed by atoms with van der Waals surface area (Å²) < 4.78 is 26.2. The zero-order chi connectivity index (χ0) is 19.3. The Morgan fingerprint density at radius 3 is 2.31 bits per heavy atom. The fourth-order valence-electron chi connectivity index (χ4n) is 2.32. The molecule has 138 valence electrons. The molecule has 0 aliphatic rings. The maximum atomic E-state index is 12.4. The van der Waals surface area contributed by atoms with E-state index in [2.05, 4.69) is 4.99 Å². The number of nitrogens with zero attached hydrogens (tertiary/aromatic N) is 3. The van der Waals surface area contributed by atoms with Gasteiger partial charge in [-0.3, -0.25) is 15.1 Å². The lowest BCUT2D eigenvalue weighted by molar-refractivity contribution is -0.384. The molecule has 0 aliphatic carbocycles. The molecule has 0 saturated carbocycles. The second kappa shape index (κ2) is 8.07. The van der Waals surface area contributed by atoms with Gasteiger partial charge in [0.2, 0.25) is 10.0 Å². The molecule has 0 spiro atoms. The number of non-ortho nitro benzene ring substituents is 1. The lowest BCUT2D eigenvalue weighted by Gasteiger charge is -2.18. The van der Waals surface area contributed by atoms with Gasteiger partial charge in [0.15, 0.2) is 0 Å². The van der Waals surface area contributed by atoms with Crippen LogP contribution in [0.5, 0.6) is 5.75 Å². The number of rotatable bonds is 7. The number of benzene rings is 2. The number of phenols is 1. The minimum atomic E-state index is -3.54. The van der Waals surface area contributed by atoms with E-state index in [1.54, 1.807) is 13.8 Å². The lowest BCUT2D eigenvalue weighted by atomic mass is 10.2. The van der Waals surface area contributed by atoms with Gasteiger partial charge in [-0.1, -0.05) is 13.8 Å². The van der Waals surface area contributed by atoms with Crippen LogP contribution in [-0.2, 0) is 10.0 Å². The maximum Gasteiger partial charge on any atom is 0.270 e. The first-order valence-corrected chi connectivity index (χ1v) is 9.35. The van der Waals surface area contributed by atoms with Crippen molar-refractivity contribution < 1.29 is 18.4 Å². The topological polar surface area (TPSA) is 113 Å². The van der Waals surface area contributed by atoms with Crippen molar-refractivity contribution in [1.29, 1.82) is 0 Å². The molecule has 2 aromatic rings. The number of nitro benzene ring substituents is 1. The van der Waals surface area contributed by atoms with Crippen molar-refractivity contribution in [3.8, 4) is 5.75 Å². The van der Waals surface area contributed by atoms with E-state index in [0.717, 1.165) is 0 Å². The summed E-state index contributed by atoms with van der Waals surface area (Å²) in [7, 11) is -3.54. The van der Waals surface area contributed by atoms with Crippen molar-refractivity contribution in [2.75, 3.05) is 13.1 Å². The van der Waals surface area contributed by atoms with Crippen molar-refractivity contribution in [2.24, 2.45) is 4.99 Å². The number of hydrogen-bond donors (Lipinski definition) is 1. The third-order valence-electron chi connectivity index (χ3n) is 3.75. The molecule has 0 heterocycles. The molecule has 0 unspecified atom stereocenters. The highest BCUT2D eigenvalue weighted by atomic mass is 32.2. The Kier molecular flexibility index (Phi) is 6.06. The summed E-state index contributed by atoms with van der Waals surface area (Å²) >= 11 is 0. The number of aromatic hydroxyl groups is 1. The largest absolute Gasteiger partial charge is 0.507 e. The predicted octanol–water partition coefficient (Wildman–Crippen LogP) is 3.08. The summed E-state index contributed by atoms with van der Waals surface area (Å²) in [6, 6.07) is 9.58. The molecule has 1 N–H and O–H groups in total. The summed E-state index contributed by atoms with van der Waals surface area (Å²) in [5, 5.41) is 20.6. The highest BCUT2D eigenvalue weighted by Crippen LogP contribution is 2.23. The highest BCUT2D eigenvalue weighted by Gasteiger charge is 2.21. The van der Waals surface area contributed by atoms with Crippen LogP contribution in [0, 0.1) is 10.1 Å². The molecular formula is C17H19N3O5S. The highest BCUT2D eigenvalue weighted by molar-refractivity contribution is 7.89. The Morgan fingerprint density at radius 1 is 1.15 bits per heavy atom. The molecule has 0 aliphatic heterocycles. The molecule has 8 nitrogen and oxygen atoms in total. The summed E-state index contributed by atoms with van der Waals surface area (Å²) in [5.74, 6) is -0.139. The van der Waals surface area contributed by atoms with Gasteiger partial charge in [0, 0.05) is 37.0 Å². The fraction of sp³-hybridized carbons (Fsp3) is 0.235.